The molecule has 0 saturated carbocycles. The fraction of sp³-hybridized carbons (Fsp3) is 0. The minimum Gasteiger partial charge on any atom is -0.382 e. The number of aldehydes is 1. The number of hydrogen-bond donors (Lipinski definition) is 3. The maximum atomic E-state index is 10.5. The minimum atomic E-state index is -0.176. The molecule has 0 aliphatic rings. The highest BCUT2D eigenvalue weighted by atomic mass is 16.1. The van der Waals surface area contributed by atoms with Gasteiger partial charge in [-0.3, -0.25) is 4.79 Å². The van der Waals surface area contributed by atoms with E-state index in [1.54, 1.807) is 24.3 Å². The van der Waals surface area contributed by atoms with Crippen molar-refractivity contribution in [1.82, 2.24) is 0 Å². The Balaban J connectivity index is 3.00. The van der Waals surface area contributed by atoms with Crippen LogP contribution in [0.1, 0.15) is 15.9 Å². The molecule has 0 unspecified atom stereocenters. The third-order valence-electron chi connectivity index (χ3n) is 1.59. The number of rotatable bonds is 3. The summed E-state index contributed by atoms with van der Waals surface area (Å²) in [6.45, 7) is 0. The Hall–Kier alpha value is -2.37. The van der Waals surface area contributed by atoms with Crippen LogP contribution < -0.4 is 17.2 Å². The fourth-order valence-corrected chi connectivity index (χ4v) is 0.941. The van der Waals surface area contributed by atoms with Crippen LogP contribution in [0.25, 0.3) is 0 Å². The highest BCUT2D eigenvalue weighted by molar-refractivity contribution is 5.98. The number of hydrogen-bond acceptors (Lipinski definition) is 3. The smallest absolute Gasteiger partial charge is 0.211 e. The van der Waals surface area contributed by atoms with Crippen molar-refractivity contribution in [1.29, 1.82) is 0 Å². The molecule has 0 aliphatic carbocycles. The summed E-state index contributed by atoms with van der Waals surface area (Å²) >= 11 is 0. The lowest BCUT2D eigenvalue weighted by molar-refractivity contribution is 0.112. The summed E-state index contributed by atoms with van der Waals surface area (Å²) in [5.41, 5.74) is 16.8. The summed E-state index contributed by atoms with van der Waals surface area (Å²) in [5, 5.41) is 6.99. The van der Waals surface area contributed by atoms with E-state index in [-0.39, 0.29) is 11.8 Å². The molecule has 0 spiro atoms. The second kappa shape index (κ2) is 4.75. The van der Waals surface area contributed by atoms with Crippen LogP contribution in [0.2, 0.25) is 0 Å². The molecule has 0 amide bonds. The van der Waals surface area contributed by atoms with Gasteiger partial charge in [-0.25, -0.2) is 0 Å². The normalized spacial score (nSPS) is 10.8. The maximum absolute atomic E-state index is 10.5. The number of nitrogens with zero attached hydrogens (tertiary/aromatic N) is 2. The molecule has 6 nitrogen and oxygen atoms in total. The van der Waals surface area contributed by atoms with Crippen molar-refractivity contribution in [2.75, 3.05) is 0 Å². The van der Waals surface area contributed by atoms with Gasteiger partial charge >= 0.3 is 0 Å². The summed E-state index contributed by atoms with van der Waals surface area (Å²) < 4.78 is 0. The highest BCUT2D eigenvalue weighted by Gasteiger charge is 1.99. The predicted molar refractivity (Wildman–Crippen MR) is 58.4 cm³/mol. The molecule has 0 atom stereocenters. The molecule has 6 heteroatoms. The number of carbonyl (C=O) groups excluding carboxylic acids is 1. The number of nitrogens with two attached hydrogens (primary N) is 3. The minimum absolute atomic E-state index is 0.145. The zero-order chi connectivity index (χ0) is 11.3. The van der Waals surface area contributed by atoms with E-state index >= 15 is 0 Å². The molecule has 1 aromatic carbocycles. The first-order chi connectivity index (χ1) is 7.13. The number of guanidine groups is 1. The third kappa shape index (κ3) is 3.11. The van der Waals surface area contributed by atoms with E-state index < -0.39 is 0 Å². The molecule has 15 heavy (non-hydrogen) atoms. The quantitative estimate of drug-likeness (QED) is 0.264. The standard InChI is InChI=1S/C9H11N5O/c10-8(13-14-9(11)12)7-3-1-2-6(4-7)5-15/h1-5H,(H2,10,13)(H4,11,12,14). The van der Waals surface area contributed by atoms with Gasteiger partial charge in [0.15, 0.2) is 5.84 Å². The third-order valence-corrected chi connectivity index (χ3v) is 1.59. The SMILES string of the molecule is NC(N)=NN=C(N)c1cccc(C=O)c1. The molecule has 0 aliphatic heterocycles. The van der Waals surface area contributed by atoms with Crippen LogP contribution >= 0.6 is 0 Å². The summed E-state index contributed by atoms with van der Waals surface area (Å²) in [6, 6.07) is 6.64. The van der Waals surface area contributed by atoms with Crippen molar-refractivity contribution < 1.29 is 4.79 Å². The molecule has 0 saturated heterocycles. The number of amidine groups is 1. The molecule has 1 rings (SSSR count). The first kappa shape index (κ1) is 10.7. The second-order valence-electron chi connectivity index (χ2n) is 2.75. The van der Waals surface area contributed by atoms with E-state index in [0.29, 0.717) is 11.1 Å². The molecule has 1 aromatic rings. The van der Waals surface area contributed by atoms with E-state index in [1.165, 1.54) is 0 Å². The predicted octanol–water partition coefficient (Wildman–Crippen LogP) is -0.607. The molecular formula is C9H11N5O. The van der Waals surface area contributed by atoms with E-state index in [4.69, 9.17) is 17.2 Å². The second-order valence-corrected chi connectivity index (χ2v) is 2.75. The molecule has 0 heterocycles. The monoisotopic (exact) mass is 205 g/mol. The van der Waals surface area contributed by atoms with Crippen molar-refractivity contribution in [3.8, 4) is 0 Å². The Morgan fingerprint density at radius 3 is 2.53 bits per heavy atom. The van der Waals surface area contributed by atoms with Crippen LogP contribution in [0.15, 0.2) is 34.5 Å². The molecule has 6 N–H and O–H groups in total. The average molecular weight is 205 g/mol. The maximum Gasteiger partial charge on any atom is 0.211 e. The van der Waals surface area contributed by atoms with Gasteiger partial charge < -0.3 is 17.2 Å². The first-order valence-corrected chi connectivity index (χ1v) is 4.11. The van der Waals surface area contributed by atoms with E-state index in [9.17, 15) is 4.79 Å². The lowest BCUT2D eigenvalue weighted by Crippen LogP contribution is -2.23. The Bertz CT molecular complexity index is 420. The van der Waals surface area contributed by atoms with Gasteiger partial charge in [-0.15, -0.1) is 10.2 Å². The average Bonchev–Trinajstić information content (AvgIpc) is 2.26. The van der Waals surface area contributed by atoms with Gasteiger partial charge in [-0.2, -0.15) is 0 Å². The van der Waals surface area contributed by atoms with Crippen LogP contribution in [0.4, 0.5) is 0 Å². The van der Waals surface area contributed by atoms with Crippen molar-refractivity contribution in [2.45, 2.75) is 0 Å². The van der Waals surface area contributed by atoms with Crippen LogP contribution in [0.5, 0.6) is 0 Å². The molecule has 0 radical (unpaired) electrons. The first-order valence-electron chi connectivity index (χ1n) is 4.11. The van der Waals surface area contributed by atoms with Crippen molar-refractivity contribution in [3.63, 3.8) is 0 Å². The van der Waals surface area contributed by atoms with Gasteiger partial charge in [-0.1, -0.05) is 18.2 Å². The fourth-order valence-electron chi connectivity index (χ4n) is 0.941. The Morgan fingerprint density at radius 2 is 1.93 bits per heavy atom. The van der Waals surface area contributed by atoms with Crippen LogP contribution in [0.3, 0.4) is 0 Å². The van der Waals surface area contributed by atoms with Crippen LogP contribution in [0, 0.1) is 0 Å². The van der Waals surface area contributed by atoms with E-state index in [2.05, 4.69) is 10.2 Å². The Morgan fingerprint density at radius 1 is 1.20 bits per heavy atom. The van der Waals surface area contributed by atoms with Gasteiger partial charge in [0.05, 0.1) is 0 Å². The zero-order valence-corrected chi connectivity index (χ0v) is 7.92. The van der Waals surface area contributed by atoms with Crippen LogP contribution in [-0.4, -0.2) is 18.1 Å². The molecule has 0 fully saturated rings. The van der Waals surface area contributed by atoms with Gasteiger partial charge in [0, 0.05) is 11.1 Å². The summed E-state index contributed by atoms with van der Waals surface area (Å²) in [4.78, 5) is 10.5. The largest absolute Gasteiger partial charge is 0.382 e. The summed E-state index contributed by atoms with van der Waals surface area (Å²) in [7, 11) is 0. The lowest BCUT2D eigenvalue weighted by atomic mass is 10.1. The zero-order valence-electron chi connectivity index (χ0n) is 7.92. The highest BCUT2D eigenvalue weighted by Crippen LogP contribution is 2.02. The summed E-state index contributed by atoms with van der Waals surface area (Å²) in [5.74, 6) is -0.0309. The van der Waals surface area contributed by atoms with Gasteiger partial charge in [0.2, 0.25) is 5.96 Å². The Kier molecular flexibility index (Phi) is 3.39. The van der Waals surface area contributed by atoms with E-state index in [0.717, 1.165) is 6.29 Å². The molecular weight excluding hydrogens is 194 g/mol. The van der Waals surface area contributed by atoms with Crippen molar-refractivity contribution in [3.05, 3.63) is 35.4 Å². The molecule has 0 aromatic heterocycles. The van der Waals surface area contributed by atoms with Crippen molar-refractivity contribution >= 4 is 18.1 Å². The topological polar surface area (TPSA) is 120 Å². The summed E-state index contributed by atoms with van der Waals surface area (Å²) in [6.07, 6.45) is 0.720. The molecule has 0 bridgehead atoms. The van der Waals surface area contributed by atoms with E-state index in [1.807, 2.05) is 0 Å². The van der Waals surface area contributed by atoms with Crippen molar-refractivity contribution in [2.24, 2.45) is 27.4 Å². The number of carbonyl (C=O) groups is 1. The van der Waals surface area contributed by atoms with Gasteiger partial charge in [-0.05, 0) is 6.07 Å². The Labute approximate surface area is 86.5 Å². The van der Waals surface area contributed by atoms with Gasteiger partial charge in [0.25, 0.3) is 0 Å². The lowest BCUT2D eigenvalue weighted by Gasteiger charge is -1.98. The molecule has 78 valence electrons. The van der Waals surface area contributed by atoms with Gasteiger partial charge in [0.1, 0.15) is 6.29 Å². The number of benzene rings is 1. The van der Waals surface area contributed by atoms with Crippen LogP contribution in [-0.2, 0) is 0 Å².